The van der Waals surface area contributed by atoms with Crippen LogP contribution in [0.15, 0.2) is 53.6 Å². The maximum absolute atomic E-state index is 15.4. The van der Waals surface area contributed by atoms with E-state index in [-0.39, 0.29) is 24.7 Å². The zero-order chi connectivity index (χ0) is 28.1. The maximum atomic E-state index is 15.4. The summed E-state index contributed by atoms with van der Waals surface area (Å²) < 4.78 is 6.63. The molecule has 0 aromatic heterocycles. The number of ketones is 3. The first kappa shape index (κ1) is 27.2. The van der Waals surface area contributed by atoms with Crippen LogP contribution in [0.3, 0.4) is 0 Å². The standard InChI is InChI=1S/C33H42O5/c1-20(2)14-16-30-19-23-18-24-29(7,8)38-33(30,37)31(24,17-15-21(3)4)27(36)32(26(30)35,28(23,5)6)25(34)22-12-10-9-11-13-22/h9-15,23-24,37H,16-19H2,1-8H3/t23-,24+,30-,31+,32-,33+/m1/s1. The molecule has 1 N–H and O–H groups in total. The summed E-state index contributed by atoms with van der Waals surface area (Å²) in [6.45, 7) is 15.6. The topological polar surface area (TPSA) is 80.7 Å². The summed E-state index contributed by atoms with van der Waals surface area (Å²) in [6, 6.07) is 8.76. The fraction of sp³-hybridized carbons (Fsp3) is 0.606. The lowest BCUT2D eigenvalue weighted by Crippen LogP contribution is -2.80. The van der Waals surface area contributed by atoms with Crippen molar-refractivity contribution < 1.29 is 24.2 Å². The molecule has 0 radical (unpaired) electrons. The second kappa shape index (κ2) is 8.08. The predicted molar refractivity (Wildman–Crippen MR) is 146 cm³/mol. The number of rotatable bonds is 6. The van der Waals surface area contributed by atoms with Gasteiger partial charge in [0, 0.05) is 11.5 Å². The monoisotopic (exact) mass is 518 g/mol. The van der Waals surface area contributed by atoms with E-state index in [4.69, 9.17) is 4.74 Å². The Kier molecular flexibility index (Phi) is 5.78. The molecular formula is C33H42O5. The van der Waals surface area contributed by atoms with Crippen LogP contribution in [0.25, 0.3) is 0 Å². The quantitative estimate of drug-likeness (QED) is 0.273. The molecule has 1 aliphatic heterocycles. The summed E-state index contributed by atoms with van der Waals surface area (Å²) in [5.74, 6) is -3.84. The van der Waals surface area contributed by atoms with Gasteiger partial charge in [-0.15, -0.1) is 0 Å². The van der Waals surface area contributed by atoms with Crippen molar-refractivity contribution in [3.63, 3.8) is 0 Å². The Morgan fingerprint density at radius 2 is 1.53 bits per heavy atom. The van der Waals surface area contributed by atoms with Crippen LogP contribution in [-0.4, -0.2) is 33.8 Å². The highest BCUT2D eigenvalue weighted by Crippen LogP contribution is 2.80. The zero-order valence-electron chi connectivity index (χ0n) is 24.1. The number of Topliss-reactive ketones (excluding diaryl/α,β-unsaturated/α-hetero) is 3. The Morgan fingerprint density at radius 1 is 0.947 bits per heavy atom. The predicted octanol–water partition coefficient (Wildman–Crippen LogP) is 6.26. The average Bonchev–Trinajstić information content (AvgIpc) is 2.92. The molecule has 204 valence electrons. The third-order valence-electron chi connectivity index (χ3n) is 10.8. The Labute approximate surface area is 226 Å². The van der Waals surface area contributed by atoms with Crippen LogP contribution in [0.1, 0.15) is 91.4 Å². The third kappa shape index (κ3) is 2.87. The molecule has 38 heavy (non-hydrogen) atoms. The number of carbonyl (C=O) groups is 3. The van der Waals surface area contributed by atoms with Crippen LogP contribution in [0, 0.1) is 33.5 Å². The minimum atomic E-state index is -2.02. The van der Waals surface area contributed by atoms with Gasteiger partial charge in [0.05, 0.1) is 16.4 Å². The number of hydrogen-bond acceptors (Lipinski definition) is 5. The van der Waals surface area contributed by atoms with E-state index in [1.807, 2.05) is 73.6 Å². The third-order valence-corrected chi connectivity index (χ3v) is 10.8. The van der Waals surface area contributed by atoms with Crippen molar-refractivity contribution in [1.29, 1.82) is 0 Å². The first-order chi connectivity index (χ1) is 17.6. The minimum Gasteiger partial charge on any atom is -0.364 e. The van der Waals surface area contributed by atoms with Gasteiger partial charge >= 0.3 is 0 Å². The normalized spacial score (nSPS) is 39.6. The zero-order valence-corrected chi connectivity index (χ0v) is 24.1. The van der Waals surface area contributed by atoms with Gasteiger partial charge in [-0.1, -0.05) is 67.5 Å². The highest BCUT2D eigenvalue weighted by Gasteiger charge is 2.92. The van der Waals surface area contributed by atoms with Gasteiger partial charge in [0.25, 0.3) is 0 Å². The van der Waals surface area contributed by atoms with Crippen molar-refractivity contribution in [3.05, 3.63) is 59.2 Å². The average molecular weight is 519 g/mol. The molecule has 0 amide bonds. The molecule has 1 aromatic rings. The Hall–Kier alpha value is -2.37. The second-order valence-electron chi connectivity index (χ2n) is 13.9. The molecule has 5 heteroatoms. The summed E-state index contributed by atoms with van der Waals surface area (Å²) in [5, 5.41) is 12.9. The lowest BCUT2D eigenvalue weighted by Gasteiger charge is -2.65. The number of allylic oxidation sites excluding steroid dienone is 4. The van der Waals surface area contributed by atoms with Gasteiger partial charge in [-0.2, -0.15) is 0 Å². The summed E-state index contributed by atoms with van der Waals surface area (Å²) in [6.07, 6.45) is 5.42. The molecular weight excluding hydrogens is 476 g/mol. The highest BCUT2D eigenvalue weighted by molar-refractivity contribution is 6.34. The van der Waals surface area contributed by atoms with Crippen LogP contribution in [0.2, 0.25) is 0 Å². The molecule has 6 atom stereocenters. The first-order valence-corrected chi connectivity index (χ1v) is 14.0. The molecule has 0 spiro atoms. The van der Waals surface area contributed by atoms with E-state index in [0.29, 0.717) is 18.4 Å². The molecule has 5 aliphatic rings. The van der Waals surface area contributed by atoms with Gasteiger partial charge in [-0.05, 0) is 78.6 Å². The van der Waals surface area contributed by atoms with Crippen LogP contribution < -0.4 is 0 Å². The van der Waals surface area contributed by atoms with Crippen molar-refractivity contribution >= 4 is 17.3 Å². The van der Waals surface area contributed by atoms with Gasteiger partial charge < -0.3 is 9.84 Å². The lowest BCUT2D eigenvalue weighted by molar-refractivity contribution is -0.324. The van der Waals surface area contributed by atoms with Crippen LogP contribution >= 0.6 is 0 Å². The summed E-state index contributed by atoms with van der Waals surface area (Å²) in [5.41, 5.74) is -4.16. The van der Waals surface area contributed by atoms with Crippen LogP contribution in [-0.2, 0) is 14.3 Å². The number of benzene rings is 1. The number of ether oxygens (including phenoxy) is 1. The molecule has 0 unspecified atom stereocenters. The maximum Gasteiger partial charge on any atom is 0.192 e. The molecule has 5 nitrogen and oxygen atoms in total. The molecule has 6 rings (SSSR count). The molecule has 4 aliphatic carbocycles. The van der Waals surface area contributed by atoms with Crippen molar-refractivity contribution in [2.75, 3.05) is 0 Å². The molecule has 5 fully saturated rings. The molecule has 1 heterocycles. The van der Waals surface area contributed by atoms with Crippen molar-refractivity contribution in [1.82, 2.24) is 0 Å². The van der Waals surface area contributed by atoms with Gasteiger partial charge in [0.15, 0.2) is 28.6 Å². The summed E-state index contributed by atoms with van der Waals surface area (Å²) in [7, 11) is 0. The SMILES string of the molecule is CC(C)=CC[C@]12C[C@H]3C[C@H]4C(C)(C)O[C@]1(O)[C@]4(CC=C(C)C)C(=O)[C@@](C(=O)c1ccccc1)(C2=O)C3(C)C. The largest absolute Gasteiger partial charge is 0.364 e. The Balaban J connectivity index is 1.94. The number of carbonyl (C=O) groups excluding carboxylic acids is 3. The number of hydrogen-bond donors (Lipinski definition) is 1. The van der Waals surface area contributed by atoms with E-state index >= 15 is 9.59 Å². The molecule has 6 bridgehead atoms. The highest BCUT2D eigenvalue weighted by atomic mass is 16.7. The second-order valence-corrected chi connectivity index (χ2v) is 13.9. The summed E-state index contributed by atoms with van der Waals surface area (Å²) in [4.78, 5) is 45.3. The minimum absolute atomic E-state index is 0.127. The van der Waals surface area contributed by atoms with E-state index in [1.54, 1.807) is 24.3 Å². The van der Waals surface area contributed by atoms with Gasteiger partial charge in [-0.3, -0.25) is 14.4 Å². The first-order valence-electron chi connectivity index (χ1n) is 14.0. The van der Waals surface area contributed by atoms with E-state index in [9.17, 15) is 9.90 Å². The molecule has 1 saturated heterocycles. The smallest absolute Gasteiger partial charge is 0.192 e. The van der Waals surface area contributed by atoms with Crippen molar-refractivity contribution in [3.8, 4) is 0 Å². The van der Waals surface area contributed by atoms with Gasteiger partial charge in [0.1, 0.15) is 0 Å². The van der Waals surface area contributed by atoms with E-state index < -0.39 is 50.4 Å². The van der Waals surface area contributed by atoms with Crippen molar-refractivity contribution in [2.45, 2.75) is 92.5 Å². The fourth-order valence-electron chi connectivity index (χ4n) is 8.84. The van der Waals surface area contributed by atoms with Crippen LogP contribution in [0.5, 0.6) is 0 Å². The van der Waals surface area contributed by atoms with Gasteiger partial charge in [0.2, 0.25) is 0 Å². The number of aliphatic hydroxyl groups is 1. The van der Waals surface area contributed by atoms with Gasteiger partial charge in [-0.25, -0.2) is 0 Å². The van der Waals surface area contributed by atoms with E-state index in [0.717, 1.165) is 11.1 Å². The van der Waals surface area contributed by atoms with E-state index in [1.165, 1.54) is 0 Å². The summed E-state index contributed by atoms with van der Waals surface area (Å²) >= 11 is 0. The van der Waals surface area contributed by atoms with E-state index in [2.05, 4.69) is 0 Å². The lowest BCUT2D eigenvalue weighted by atomic mass is 9.35. The Morgan fingerprint density at radius 3 is 2.11 bits per heavy atom. The Bertz CT molecular complexity index is 1280. The molecule has 4 saturated carbocycles. The van der Waals surface area contributed by atoms with Crippen LogP contribution in [0.4, 0.5) is 0 Å². The molecule has 1 aromatic carbocycles. The fourth-order valence-corrected chi connectivity index (χ4v) is 8.84. The van der Waals surface area contributed by atoms with Crippen molar-refractivity contribution in [2.24, 2.45) is 33.5 Å².